The third kappa shape index (κ3) is 3.29. The van der Waals surface area contributed by atoms with Gasteiger partial charge in [-0.05, 0) is 29.4 Å². The van der Waals surface area contributed by atoms with Gasteiger partial charge >= 0.3 is 12.1 Å². The number of ether oxygens (including phenoxy) is 1. The number of hydrogen-bond donors (Lipinski definition) is 1. The Balaban J connectivity index is 1.93. The Morgan fingerprint density at radius 3 is 2.27 bits per heavy atom. The summed E-state index contributed by atoms with van der Waals surface area (Å²) in [6.45, 7) is 0.258. The normalized spacial score (nSPS) is 22.2. The number of carbonyl (C=O) groups excluding carboxylic acids is 1. The van der Waals surface area contributed by atoms with E-state index in [2.05, 4.69) is 0 Å². The number of likely N-dealkylation sites (tertiary alicyclic amines) is 1. The van der Waals surface area contributed by atoms with E-state index in [9.17, 15) is 14.7 Å². The van der Waals surface area contributed by atoms with E-state index in [-0.39, 0.29) is 6.54 Å². The van der Waals surface area contributed by atoms with E-state index in [1.807, 2.05) is 60.9 Å². The first kappa shape index (κ1) is 18.3. The maximum absolute atomic E-state index is 12.1. The van der Waals surface area contributed by atoms with Gasteiger partial charge in [0.2, 0.25) is 0 Å². The van der Waals surface area contributed by atoms with Crippen LogP contribution in [0.25, 0.3) is 11.1 Å². The zero-order valence-electron chi connectivity index (χ0n) is 14.7. The maximum atomic E-state index is 12.1. The molecule has 2 unspecified atom stereocenters. The largest absolute Gasteiger partial charge is 0.467 e. The Morgan fingerprint density at radius 2 is 1.73 bits per heavy atom. The minimum absolute atomic E-state index is 0.258. The second-order valence-corrected chi connectivity index (χ2v) is 7.49. The van der Waals surface area contributed by atoms with Gasteiger partial charge in [-0.1, -0.05) is 54.6 Å². The highest BCUT2D eigenvalue weighted by Crippen LogP contribution is 2.46. The zero-order valence-corrected chi connectivity index (χ0v) is 15.5. The van der Waals surface area contributed by atoms with Crippen molar-refractivity contribution in [3.63, 3.8) is 0 Å². The molecule has 1 aliphatic rings. The van der Waals surface area contributed by atoms with Crippen LogP contribution in [0.15, 0.2) is 54.6 Å². The molecule has 1 N–H and O–H groups in total. The van der Waals surface area contributed by atoms with Crippen molar-refractivity contribution in [2.75, 3.05) is 19.9 Å². The van der Waals surface area contributed by atoms with E-state index >= 15 is 0 Å². The SMILES string of the molecule is COC(=O)C1CC(SC)(c2ccc(-c3ccccc3)cc2)CN1C(=O)O. The molecule has 5 nitrogen and oxygen atoms in total. The summed E-state index contributed by atoms with van der Waals surface area (Å²) in [5.41, 5.74) is 3.24. The molecule has 0 spiro atoms. The first-order valence-electron chi connectivity index (χ1n) is 8.29. The van der Waals surface area contributed by atoms with Crippen LogP contribution in [0.3, 0.4) is 0 Å². The van der Waals surface area contributed by atoms with Crippen LogP contribution >= 0.6 is 11.8 Å². The molecule has 0 saturated carbocycles. The Labute approximate surface area is 157 Å². The van der Waals surface area contributed by atoms with Crippen LogP contribution < -0.4 is 0 Å². The number of esters is 1. The van der Waals surface area contributed by atoms with Crippen LogP contribution in [0.2, 0.25) is 0 Å². The number of hydrogen-bond acceptors (Lipinski definition) is 4. The molecule has 1 aliphatic heterocycles. The van der Waals surface area contributed by atoms with Crippen molar-refractivity contribution in [2.24, 2.45) is 0 Å². The highest BCUT2D eigenvalue weighted by Gasteiger charge is 2.50. The van der Waals surface area contributed by atoms with Crippen LogP contribution in [0.5, 0.6) is 0 Å². The number of nitrogens with zero attached hydrogens (tertiary/aromatic N) is 1. The fourth-order valence-corrected chi connectivity index (χ4v) is 4.46. The summed E-state index contributed by atoms with van der Waals surface area (Å²) < 4.78 is 4.35. The highest BCUT2D eigenvalue weighted by molar-refractivity contribution is 7.99. The Bertz CT molecular complexity index is 793. The van der Waals surface area contributed by atoms with Gasteiger partial charge in [-0.25, -0.2) is 9.59 Å². The topological polar surface area (TPSA) is 66.8 Å². The maximum Gasteiger partial charge on any atom is 0.408 e. The molecule has 0 aliphatic carbocycles. The number of benzene rings is 2. The van der Waals surface area contributed by atoms with Crippen molar-refractivity contribution in [3.05, 3.63) is 60.2 Å². The molecular formula is C20H21NO4S. The van der Waals surface area contributed by atoms with Crippen LogP contribution in [-0.2, 0) is 14.3 Å². The smallest absolute Gasteiger partial charge is 0.408 e. The Kier molecular flexibility index (Phi) is 5.23. The lowest BCUT2D eigenvalue weighted by Crippen LogP contribution is -2.40. The average molecular weight is 371 g/mol. The number of methoxy groups -OCH3 is 1. The molecule has 1 amide bonds. The van der Waals surface area contributed by atoms with Crippen LogP contribution in [0, 0.1) is 0 Å². The lowest BCUT2D eigenvalue weighted by Gasteiger charge is -2.27. The van der Waals surface area contributed by atoms with Crippen LogP contribution in [-0.4, -0.2) is 48.0 Å². The molecule has 26 heavy (non-hydrogen) atoms. The van der Waals surface area contributed by atoms with Gasteiger partial charge in [0, 0.05) is 6.54 Å². The summed E-state index contributed by atoms with van der Waals surface area (Å²) in [4.78, 5) is 24.9. The lowest BCUT2D eigenvalue weighted by molar-refractivity contribution is -0.145. The summed E-state index contributed by atoms with van der Waals surface area (Å²) >= 11 is 1.57. The standard InChI is InChI=1S/C20H21NO4S/c1-25-18(22)17-12-20(26-2,13-21(17)19(23)24)16-10-8-15(9-11-16)14-6-4-3-5-7-14/h3-11,17H,12-13H2,1-2H3,(H,23,24). The molecule has 0 aromatic heterocycles. The average Bonchev–Trinajstić information content (AvgIpc) is 3.10. The van der Waals surface area contributed by atoms with Crippen molar-refractivity contribution in [2.45, 2.75) is 17.2 Å². The second kappa shape index (κ2) is 7.41. The third-order valence-electron chi connectivity index (χ3n) is 4.95. The van der Waals surface area contributed by atoms with Gasteiger partial charge in [-0.3, -0.25) is 4.90 Å². The molecule has 2 aromatic rings. The number of thioether (sulfide) groups is 1. The lowest BCUT2D eigenvalue weighted by atomic mass is 9.93. The first-order valence-corrected chi connectivity index (χ1v) is 9.52. The first-order chi connectivity index (χ1) is 12.5. The van der Waals surface area contributed by atoms with Gasteiger partial charge in [0.05, 0.1) is 11.9 Å². The molecule has 1 fully saturated rings. The minimum atomic E-state index is -1.10. The van der Waals surface area contributed by atoms with Gasteiger partial charge in [-0.15, -0.1) is 0 Å². The van der Waals surface area contributed by atoms with E-state index in [0.29, 0.717) is 6.42 Å². The molecule has 3 rings (SSSR count). The van der Waals surface area contributed by atoms with Crippen LogP contribution in [0.1, 0.15) is 12.0 Å². The van der Waals surface area contributed by atoms with Gasteiger partial charge in [0.25, 0.3) is 0 Å². The molecule has 2 atom stereocenters. The monoisotopic (exact) mass is 371 g/mol. The van der Waals surface area contributed by atoms with Crippen molar-refractivity contribution in [1.82, 2.24) is 4.90 Å². The molecule has 1 heterocycles. The van der Waals surface area contributed by atoms with Crippen molar-refractivity contribution < 1.29 is 19.4 Å². The molecule has 0 radical (unpaired) electrons. The second-order valence-electron chi connectivity index (χ2n) is 6.30. The molecular weight excluding hydrogens is 350 g/mol. The van der Waals surface area contributed by atoms with Gasteiger partial charge < -0.3 is 9.84 Å². The summed E-state index contributed by atoms with van der Waals surface area (Å²) in [5.74, 6) is -0.510. The Morgan fingerprint density at radius 1 is 1.12 bits per heavy atom. The van der Waals surface area contributed by atoms with E-state index in [1.165, 1.54) is 12.0 Å². The number of carbonyl (C=O) groups is 2. The third-order valence-corrected chi connectivity index (χ3v) is 6.27. The van der Waals surface area contributed by atoms with Crippen molar-refractivity contribution >= 4 is 23.8 Å². The van der Waals surface area contributed by atoms with E-state index in [0.717, 1.165) is 16.7 Å². The highest BCUT2D eigenvalue weighted by atomic mass is 32.2. The summed E-state index contributed by atoms with van der Waals surface area (Å²) in [7, 11) is 1.29. The predicted octanol–water partition coefficient (Wildman–Crippen LogP) is 3.84. The molecule has 1 saturated heterocycles. The molecule has 6 heteroatoms. The predicted molar refractivity (Wildman–Crippen MR) is 102 cm³/mol. The van der Waals surface area contributed by atoms with E-state index < -0.39 is 22.9 Å². The number of rotatable bonds is 4. The molecule has 136 valence electrons. The van der Waals surface area contributed by atoms with E-state index in [4.69, 9.17) is 4.74 Å². The number of carboxylic acid groups (broad SMARTS) is 1. The van der Waals surface area contributed by atoms with Gasteiger partial charge in [-0.2, -0.15) is 11.8 Å². The zero-order chi connectivity index (χ0) is 18.7. The Hall–Kier alpha value is -2.47. The fourth-order valence-electron chi connectivity index (χ4n) is 3.49. The fraction of sp³-hybridized carbons (Fsp3) is 0.300. The summed E-state index contributed by atoms with van der Waals surface area (Å²) in [6.07, 6.45) is 1.25. The molecule has 2 aromatic carbocycles. The summed E-state index contributed by atoms with van der Waals surface area (Å²) in [5, 5.41) is 9.50. The minimum Gasteiger partial charge on any atom is -0.467 e. The number of amides is 1. The quantitative estimate of drug-likeness (QED) is 0.827. The van der Waals surface area contributed by atoms with Gasteiger partial charge in [0.15, 0.2) is 0 Å². The van der Waals surface area contributed by atoms with Gasteiger partial charge in [0.1, 0.15) is 6.04 Å². The van der Waals surface area contributed by atoms with Crippen LogP contribution in [0.4, 0.5) is 4.79 Å². The van der Waals surface area contributed by atoms with Crippen molar-refractivity contribution in [1.29, 1.82) is 0 Å². The van der Waals surface area contributed by atoms with E-state index in [1.54, 1.807) is 11.8 Å². The molecule has 0 bridgehead atoms. The van der Waals surface area contributed by atoms with Crippen molar-refractivity contribution in [3.8, 4) is 11.1 Å². The summed E-state index contributed by atoms with van der Waals surface area (Å²) in [6, 6.07) is 17.4.